The van der Waals surface area contributed by atoms with Crippen molar-refractivity contribution in [2.45, 2.75) is 0 Å². The van der Waals surface area contributed by atoms with Gasteiger partial charge in [-0.25, -0.2) is 0 Å². The first-order valence-electron chi connectivity index (χ1n) is 7.05. The molecule has 0 radical (unpaired) electrons. The summed E-state index contributed by atoms with van der Waals surface area (Å²) in [6, 6.07) is 23.5. The molecular weight excluding hydrogens is 343 g/mol. The van der Waals surface area contributed by atoms with E-state index in [4.69, 9.17) is 11.5 Å². The van der Waals surface area contributed by atoms with Crippen LogP contribution in [0.4, 0.5) is 34.1 Å². The zero-order valence-electron chi connectivity index (χ0n) is 12.9. The van der Waals surface area contributed by atoms with Gasteiger partial charge in [-0.2, -0.15) is 0 Å². The highest BCUT2D eigenvalue weighted by Crippen LogP contribution is 2.33. The molecule has 0 saturated carbocycles. The number of benzene rings is 3. The first kappa shape index (κ1) is 19.5. The Kier molecular flexibility index (Phi) is 7.24. The molecule has 0 spiro atoms. The predicted octanol–water partition coefficient (Wildman–Crippen LogP) is 5.18. The van der Waals surface area contributed by atoms with E-state index >= 15 is 0 Å². The summed E-state index contributed by atoms with van der Waals surface area (Å²) >= 11 is 0. The molecular formula is C18H20Cl2N4. The van der Waals surface area contributed by atoms with Gasteiger partial charge in [0.25, 0.3) is 0 Å². The van der Waals surface area contributed by atoms with E-state index in [0.717, 1.165) is 22.7 Å². The Morgan fingerprint density at radius 2 is 0.917 bits per heavy atom. The van der Waals surface area contributed by atoms with Gasteiger partial charge in [0.05, 0.1) is 22.7 Å². The van der Waals surface area contributed by atoms with E-state index in [2.05, 4.69) is 10.6 Å². The van der Waals surface area contributed by atoms with Crippen LogP contribution in [0.2, 0.25) is 0 Å². The molecule has 0 saturated heterocycles. The molecule has 4 nitrogen and oxygen atoms in total. The standard InChI is InChI=1S/C18H18N4.2ClH/c19-15-11-16(20)18(22-14-9-5-2-6-10-14)12-17(15)21-13-7-3-1-4-8-13;;/h1-12,21-22H,19-20H2;2*1H. The highest BCUT2D eigenvalue weighted by molar-refractivity contribution is 5.86. The van der Waals surface area contributed by atoms with Crippen molar-refractivity contribution in [3.8, 4) is 0 Å². The molecule has 3 aromatic rings. The van der Waals surface area contributed by atoms with Gasteiger partial charge in [-0.05, 0) is 36.4 Å². The molecule has 0 fully saturated rings. The Morgan fingerprint density at radius 3 is 1.29 bits per heavy atom. The van der Waals surface area contributed by atoms with Gasteiger partial charge in [-0.15, -0.1) is 24.8 Å². The van der Waals surface area contributed by atoms with Crippen LogP contribution < -0.4 is 22.1 Å². The molecule has 0 unspecified atom stereocenters. The SMILES string of the molecule is Cl.Cl.Nc1cc(N)c(Nc2ccccc2)cc1Nc1ccccc1. The molecule has 6 N–H and O–H groups in total. The maximum atomic E-state index is 6.06. The summed E-state index contributed by atoms with van der Waals surface area (Å²) < 4.78 is 0. The highest BCUT2D eigenvalue weighted by atomic mass is 35.5. The van der Waals surface area contributed by atoms with Crippen LogP contribution in [0.15, 0.2) is 72.8 Å². The fourth-order valence-electron chi connectivity index (χ4n) is 2.20. The maximum Gasteiger partial charge on any atom is 0.0640 e. The van der Waals surface area contributed by atoms with Crippen molar-refractivity contribution < 1.29 is 0 Å². The number of anilines is 6. The van der Waals surface area contributed by atoms with Crippen LogP contribution >= 0.6 is 24.8 Å². The second-order valence-corrected chi connectivity index (χ2v) is 5.01. The Morgan fingerprint density at radius 1 is 0.542 bits per heavy atom. The van der Waals surface area contributed by atoms with Crippen LogP contribution in [-0.4, -0.2) is 0 Å². The van der Waals surface area contributed by atoms with E-state index in [9.17, 15) is 0 Å². The molecule has 0 aromatic heterocycles. The molecule has 3 aromatic carbocycles. The van der Waals surface area contributed by atoms with Crippen LogP contribution in [0.3, 0.4) is 0 Å². The van der Waals surface area contributed by atoms with Gasteiger partial charge in [0.2, 0.25) is 0 Å². The first-order chi connectivity index (χ1) is 10.7. The predicted molar refractivity (Wildman–Crippen MR) is 109 cm³/mol. The van der Waals surface area contributed by atoms with Crippen molar-refractivity contribution in [1.82, 2.24) is 0 Å². The van der Waals surface area contributed by atoms with Gasteiger partial charge in [-0.3, -0.25) is 0 Å². The minimum absolute atomic E-state index is 0. The van der Waals surface area contributed by atoms with E-state index < -0.39 is 0 Å². The van der Waals surface area contributed by atoms with Crippen molar-refractivity contribution in [3.63, 3.8) is 0 Å². The van der Waals surface area contributed by atoms with Crippen molar-refractivity contribution in [3.05, 3.63) is 72.8 Å². The average molecular weight is 363 g/mol. The number of nitrogens with two attached hydrogens (primary N) is 2. The molecule has 3 rings (SSSR count). The molecule has 0 atom stereocenters. The summed E-state index contributed by atoms with van der Waals surface area (Å²) in [6.07, 6.45) is 0. The summed E-state index contributed by atoms with van der Waals surface area (Å²) in [6.45, 7) is 0. The summed E-state index contributed by atoms with van der Waals surface area (Å²) in [5.74, 6) is 0. The van der Waals surface area contributed by atoms with Crippen molar-refractivity contribution in [2.24, 2.45) is 0 Å². The molecule has 6 heteroatoms. The lowest BCUT2D eigenvalue weighted by Gasteiger charge is -2.15. The van der Waals surface area contributed by atoms with Gasteiger partial charge in [0.15, 0.2) is 0 Å². The molecule has 24 heavy (non-hydrogen) atoms. The first-order valence-corrected chi connectivity index (χ1v) is 7.05. The smallest absolute Gasteiger partial charge is 0.0640 e. The Labute approximate surface area is 154 Å². The van der Waals surface area contributed by atoms with E-state index in [0.29, 0.717) is 11.4 Å². The zero-order chi connectivity index (χ0) is 15.4. The average Bonchev–Trinajstić information content (AvgIpc) is 2.54. The monoisotopic (exact) mass is 362 g/mol. The minimum atomic E-state index is 0. The van der Waals surface area contributed by atoms with Crippen LogP contribution in [0.25, 0.3) is 0 Å². The van der Waals surface area contributed by atoms with Crippen LogP contribution in [0, 0.1) is 0 Å². The third-order valence-corrected chi connectivity index (χ3v) is 3.33. The van der Waals surface area contributed by atoms with Crippen LogP contribution in [-0.2, 0) is 0 Å². The van der Waals surface area contributed by atoms with Crippen LogP contribution in [0.1, 0.15) is 0 Å². The van der Waals surface area contributed by atoms with Crippen molar-refractivity contribution in [2.75, 3.05) is 22.1 Å². The summed E-state index contributed by atoms with van der Waals surface area (Å²) in [5, 5.41) is 6.61. The molecule has 126 valence electrons. The molecule has 0 aliphatic carbocycles. The topological polar surface area (TPSA) is 76.1 Å². The highest BCUT2D eigenvalue weighted by Gasteiger charge is 2.07. The number of nitrogens with one attached hydrogen (secondary N) is 2. The number of halogens is 2. The van der Waals surface area contributed by atoms with Crippen molar-refractivity contribution >= 4 is 58.9 Å². The lowest BCUT2D eigenvalue weighted by atomic mass is 10.2. The third kappa shape index (κ3) is 4.72. The molecule has 0 aliphatic rings. The van der Waals surface area contributed by atoms with E-state index in [-0.39, 0.29) is 24.8 Å². The Balaban J connectivity index is 0.00000144. The van der Waals surface area contributed by atoms with Gasteiger partial charge in [0.1, 0.15) is 0 Å². The van der Waals surface area contributed by atoms with Gasteiger partial charge in [-0.1, -0.05) is 36.4 Å². The number of hydrogen-bond acceptors (Lipinski definition) is 4. The number of nitrogen functional groups attached to an aromatic ring is 2. The van der Waals surface area contributed by atoms with Gasteiger partial charge in [0, 0.05) is 11.4 Å². The third-order valence-electron chi connectivity index (χ3n) is 3.33. The van der Waals surface area contributed by atoms with E-state index in [1.54, 1.807) is 6.07 Å². The Bertz CT molecular complexity index is 702. The van der Waals surface area contributed by atoms with Gasteiger partial charge >= 0.3 is 0 Å². The second-order valence-electron chi connectivity index (χ2n) is 5.01. The maximum absolute atomic E-state index is 6.06. The van der Waals surface area contributed by atoms with Crippen molar-refractivity contribution in [1.29, 1.82) is 0 Å². The fourth-order valence-corrected chi connectivity index (χ4v) is 2.20. The van der Waals surface area contributed by atoms with E-state index in [1.165, 1.54) is 0 Å². The molecule has 0 bridgehead atoms. The lowest BCUT2D eigenvalue weighted by molar-refractivity contribution is 1.51. The normalized spacial score (nSPS) is 9.33. The van der Waals surface area contributed by atoms with Crippen LogP contribution in [0.5, 0.6) is 0 Å². The summed E-state index contributed by atoms with van der Waals surface area (Å²) in [5.41, 5.74) is 16.9. The largest absolute Gasteiger partial charge is 0.397 e. The molecule has 0 aliphatic heterocycles. The summed E-state index contributed by atoms with van der Waals surface area (Å²) in [7, 11) is 0. The molecule has 0 amide bonds. The number of rotatable bonds is 4. The quantitative estimate of drug-likeness (QED) is 0.482. The number of para-hydroxylation sites is 2. The fraction of sp³-hybridized carbons (Fsp3) is 0. The molecule has 0 heterocycles. The summed E-state index contributed by atoms with van der Waals surface area (Å²) in [4.78, 5) is 0. The minimum Gasteiger partial charge on any atom is -0.397 e. The second kappa shape index (κ2) is 8.91. The Hall–Kier alpha value is -2.56. The number of hydrogen-bond donors (Lipinski definition) is 4. The zero-order valence-corrected chi connectivity index (χ0v) is 14.5. The lowest BCUT2D eigenvalue weighted by Crippen LogP contribution is -2.02. The van der Waals surface area contributed by atoms with E-state index in [1.807, 2.05) is 66.7 Å². The van der Waals surface area contributed by atoms with Gasteiger partial charge < -0.3 is 22.1 Å².